The molecule has 0 atom stereocenters. The van der Waals surface area contributed by atoms with Crippen LogP contribution in [-0.4, -0.2) is 0 Å². The number of anilines is 2. The predicted octanol–water partition coefficient (Wildman–Crippen LogP) is 2.14. The average molecular weight is 160 g/mol. The van der Waals surface area contributed by atoms with E-state index in [1.165, 1.54) is 0 Å². The molecule has 2 heteroatoms. The van der Waals surface area contributed by atoms with E-state index in [9.17, 15) is 0 Å². The van der Waals surface area contributed by atoms with E-state index in [1.54, 1.807) is 18.2 Å². The normalized spacial score (nSPS) is 9.33. The number of benzene rings is 1. The first kappa shape index (κ1) is 8.40. The molecule has 4 N–H and O–H groups in total. The second-order valence-electron chi connectivity index (χ2n) is 2.48. The third kappa shape index (κ3) is 1.19. The summed E-state index contributed by atoms with van der Waals surface area (Å²) < 4.78 is 0. The maximum absolute atomic E-state index is 5.73. The number of hydrogen-bond acceptors (Lipinski definition) is 2. The standard InChI is InChI=1S/C10H12N2/c1-3-7-5-6-9(11)10(12)8(7)4-2/h3-6H,1-2,11-12H2. The van der Waals surface area contributed by atoms with Crippen LogP contribution >= 0.6 is 0 Å². The van der Waals surface area contributed by atoms with E-state index in [0.29, 0.717) is 11.4 Å². The molecular weight excluding hydrogens is 148 g/mol. The summed E-state index contributed by atoms with van der Waals surface area (Å²) in [4.78, 5) is 0. The van der Waals surface area contributed by atoms with Gasteiger partial charge in [0.25, 0.3) is 0 Å². The Morgan fingerprint density at radius 2 is 1.75 bits per heavy atom. The van der Waals surface area contributed by atoms with Gasteiger partial charge in [-0.2, -0.15) is 0 Å². The van der Waals surface area contributed by atoms with Gasteiger partial charge < -0.3 is 11.5 Å². The van der Waals surface area contributed by atoms with Gasteiger partial charge in [0.05, 0.1) is 11.4 Å². The summed E-state index contributed by atoms with van der Waals surface area (Å²) in [5.41, 5.74) is 14.3. The Hall–Kier alpha value is -1.70. The molecule has 12 heavy (non-hydrogen) atoms. The monoisotopic (exact) mass is 160 g/mol. The maximum atomic E-state index is 5.73. The molecule has 0 aliphatic rings. The molecule has 0 heterocycles. The van der Waals surface area contributed by atoms with Crippen LogP contribution in [0.15, 0.2) is 25.3 Å². The first-order chi connectivity index (χ1) is 5.70. The summed E-state index contributed by atoms with van der Waals surface area (Å²) in [6.45, 7) is 7.32. The van der Waals surface area contributed by atoms with E-state index < -0.39 is 0 Å². The van der Waals surface area contributed by atoms with Crippen molar-refractivity contribution >= 4 is 23.5 Å². The zero-order chi connectivity index (χ0) is 9.14. The lowest BCUT2D eigenvalue weighted by molar-refractivity contribution is 1.59. The highest BCUT2D eigenvalue weighted by atomic mass is 14.7. The molecule has 1 aromatic rings. The van der Waals surface area contributed by atoms with Crippen molar-refractivity contribution in [1.29, 1.82) is 0 Å². The summed E-state index contributed by atoms with van der Waals surface area (Å²) in [6.07, 6.45) is 3.41. The van der Waals surface area contributed by atoms with E-state index in [0.717, 1.165) is 11.1 Å². The van der Waals surface area contributed by atoms with Crippen LogP contribution in [0.2, 0.25) is 0 Å². The summed E-state index contributed by atoms with van der Waals surface area (Å²) in [7, 11) is 0. The summed E-state index contributed by atoms with van der Waals surface area (Å²) in [6, 6.07) is 3.63. The van der Waals surface area contributed by atoms with E-state index in [-0.39, 0.29) is 0 Å². The van der Waals surface area contributed by atoms with Crippen LogP contribution in [0.25, 0.3) is 12.2 Å². The van der Waals surface area contributed by atoms with Crippen molar-refractivity contribution in [3.63, 3.8) is 0 Å². The molecule has 0 saturated heterocycles. The van der Waals surface area contributed by atoms with Gasteiger partial charge in [-0.1, -0.05) is 31.4 Å². The number of nitrogens with two attached hydrogens (primary N) is 2. The molecule has 0 saturated carbocycles. The molecule has 62 valence electrons. The lowest BCUT2D eigenvalue weighted by Gasteiger charge is -2.07. The molecule has 0 aromatic heterocycles. The van der Waals surface area contributed by atoms with Crippen LogP contribution in [0.5, 0.6) is 0 Å². The van der Waals surface area contributed by atoms with Crippen LogP contribution in [-0.2, 0) is 0 Å². The van der Waals surface area contributed by atoms with Crippen molar-refractivity contribution in [3.8, 4) is 0 Å². The van der Waals surface area contributed by atoms with Gasteiger partial charge in [0.1, 0.15) is 0 Å². The van der Waals surface area contributed by atoms with E-state index in [2.05, 4.69) is 13.2 Å². The summed E-state index contributed by atoms with van der Waals surface area (Å²) in [5.74, 6) is 0. The quantitative estimate of drug-likeness (QED) is 0.651. The van der Waals surface area contributed by atoms with E-state index in [4.69, 9.17) is 11.5 Å². The second kappa shape index (κ2) is 3.13. The van der Waals surface area contributed by atoms with Gasteiger partial charge in [0.2, 0.25) is 0 Å². The Kier molecular flexibility index (Phi) is 2.19. The van der Waals surface area contributed by atoms with E-state index >= 15 is 0 Å². The minimum atomic E-state index is 0.572. The summed E-state index contributed by atoms with van der Waals surface area (Å²) in [5, 5.41) is 0. The minimum Gasteiger partial charge on any atom is -0.397 e. The molecule has 0 radical (unpaired) electrons. The van der Waals surface area contributed by atoms with Gasteiger partial charge in [-0.15, -0.1) is 0 Å². The molecular formula is C10H12N2. The zero-order valence-electron chi connectivity index (χ0n) is 6.88. The number of nitrogen functional groups attached to an aromatic ring is 2. The Balaban J connectivity index is 3.45. The van der Waals surface area contributed by atoms with Crippen LogP contribution in [0.3, 0.4) is 0 Å². The number of hydrogen-bond donors (Lipinski definition) is 2. The number of rotatable bonds is 2. The lowest BCUT2D eigenvalue weighted by atomic mass is 10.0. The second-order valence-corrected chi connectivity index (χ2v) is 2.48. The zero-order valence-corrected chi connectivity index (χ0v) is 6.88. The predicted molar refractivity (Wildman–Crippen MR) is 55.4 cm³/mol. The van der Waals surface area contributed by atoms with Crippen LogP contribution in [0.1, 0.15) is 11.1 Å². The van der Waals surface area contributed by atoms with Crippen molar-refractivity contribution in [3.05, 3.63) is 36.4 Å². The van der Waals surface area contributed by atoms with Crippen LogP contribution in [0, 0.1) is 0 Å². The van der Waals surface area contributed by atoms with Gasteiger partial charge >= 0.3 is 0 Å². The van der Waals surface area contributed by atoms with Crippen molar-refractivity contribution in [1.82, 2.24) is 0 Å². The first-order valence-electron chi connectivity index (χ1n) is 3.63. The molecule has 0 aliphatic carbocycles. The molecule has 0 aliphatic heterocycles. The molecule has 0 bridgehead atoms. The molecule has 0 fully saturated rings. The fourth-order valence-electron chi connectivity index (χ4n) is 1.08. The Labute approximate surface area is 72.2 Å². The van der Waals surface area contributed by atoms with Gasteiger partial charge in [-0.3, -0.25) is 0 Å². The third-order valence-electron chi connectivity index (χ3n) is 1.78. The van der Waals surface area contributed by atoms with E-state index in [1.807, 2.05) is 6.07 Å². The highest BCUT2D eigenvalue weighted by Gasteiger charge is 2.02. The van der Waals surface area contributed by atoms with Crippen LogP contribution in [0.4, 0.5) is 11.4 Å². The SMILES string of the molecule is C=Cc1ccc(N)c(N)c1C=C. The smallest absolute Gasteiger partial charge is 0.0627 e. The Morgan fingerprint density at radius 3 is 2.25 bits per heavy atom. The molecule has 1 rings (SSSR count). The van der Waals surface area contributed by atoms with Gasteiger partial charge in [-0.05, 0) is 11.6 Å². The van der Waals surface area contributed by atoms with Crippen molar-refractivity contribution in [2.24, 2.45) is 0 Å². The lowest BCUT2D eigenvalue weighted by Crippen LogP contribution is -1.98. The van der Waals surface area contributed by atoms with Gasteiger partial charge in [0, 0.05) is 5.56 Å². The van der Waals surface area contributed by atoms with Crippen molar-refractivity contribution in [2.45, 2.75) is 0 Å². The average Bonchev–Trinajstić information content (AvgIpc) is 2.09. The Morgan fingerprint density at radius 1 is 1.08 bits per heavy atom. The van der Waals surface area contributed by atoms with Gasteiger partial charge in [0.15, 0.2) is 0 Å². The molecule has 0 unspecified atom stereocenters. The third-order valence-corrected chi connectivity index (χ3v) is 1.78. The largest absolute Gasteiger partial charge is 0.397 e. The van der Waals surface area contributed by atoms with Crippen LogP contribution < -0.4 is 11.5 Å². The summed E-state index contributed by atoms with van der Waals surface area (Å²) >= 11 is 0. The highest BCUT2D eigenvalue weighted by Crippen LogP contribution is 2.25. The van der Waals surface area contributed by atoms with Gasteiger partial charge in [-0.25, -0.2) is 0 Å². The van der Waals surface area contributed by atoms with Crippen molar-refractivity contribution < 1.29 is 0 Å². The molecule has 1 aromatic carbocycles. The fourth-order valence-corrected chi connectivity index (χ4v) is 1.08. The topological polar surface area (TPSA) is 52.0 Å². The molecule has 2 nitrogen and oxygen atoms in total. The Bertz CT molecular complexity index is 327. The first-order valence-corrected chi connectivity index (χ1v) is 3.63. The molecule has 0 spiro atoms. The maximum Gasteiger partial charge on any atom is 0.0627 e. The fraction of sp³-hybridized carbons (Fsp3) is 0. The minimum absolute atomic E-state index is 0.572. The van der Waals surface area contributed by atoms with Crippen molar-refractivity contribution in [2.75, 3.05) is 11.5 Å². The highest BCUT2D eigenvalue weighted by molar-refractivity contribution is 5.81. The molecule has 0 amide bonds.